The Labute approximate surface area is 81.1 Å². The van der Waals surface area contributed by atoms with Gasteiger partial charge in [-0.25, -0.2) is 13.8 Å². The third kappa shape index (κ3) is 3.26. The predicted molar refractivity (Wildman–Crippen MR) is 48.5 cm³/mol. The Morgan fingerprint density at radius 3 is 3.00 bits per heavy atom. The van der Waals surface area contributed by atoms with E-state index in [9.17, 15) is 8.78 Å². The van der Waals surface area contributed by atoms with Crippen LogP contribution in [0.2, 0.25) is 0 Å². The summed E-state index contributed by atoms with van der Waals surface area (Å²) in [4.78, 5) is 3.87. The molecule has 1 aromatic heterocycles. The lowest BCUT2D eigenvalue weighted by Crippen LogP contribution is -2.12. The Balaban J connectivity index is 2.64. The Hall–Kier alpha value is -1.23. The van der Waals surface area contributed by atoms with Crippen LogP contribution in [-0.2, 0) is 6.54 Å². The van der Waals surface area contributed by atoms with Crippen LogP contribution in [0.1, 0.15) is 5.56 Å². The number of nitrogens with zero attached hydrogens (tertiary/aromatic N) is 1. The summed E-state index contributed by atoms with van der Waals surface area (Å²) in [5.74, 6) is 0.266. The molecule has 0 bridgehead atoms. The first-order chi connectivity index (χ1) is 6.74. The van der Waals surface area contributed by atoms with Crippen molar-refractivity contribution in [3.8, 4) is 5.88 Å². The second kappa shape index (κ2) is 5.49. The summed E-state index contributed by atoms with van der Waals surface area (Å²) in [7, 11) is 1.77. The first-order valence-electron chi connectivity index (χ1n) is 4.23. The standard InChI is InChI=1S/C9H12F2N2O/c1-12-5-7-3-2-4-13-9(7)14-6-8(10)11/h2-4,8,12H,5-6H2,1H3. The molecule has 1 aromatic rings. The zero-order valence-corrected chi connectivity index (χ0v) is 7.84. The molecular weight excluding hydrogens is 190 g/mol. The molecule has 0 radical (unpaired) electrons. The lowest BCUT2D eigenvalue weighted by Gasteiger charge is -2.08. The fourth-order valence-corrected chi connectivity index (χ4v) is 1.02. The first-order valence-corrected chi connectivity index (χ1v) is 4.23. The number of pyridine rings is 1. The monoisotopic (exact) mass is 202 g/mol. The topological polar surface area (TPSA) is 34.2 Å². The minimum absolute atomic E-state index is 0.266. The molecule has 78 valence electrons. The summed E-state index contributed by atoms with van der Waals surface area (Å²) in [6.07, 6.45) is -0.959. The van der Waals surface area contributed by atoms with Crippen LogP contribution in [0.15, 0.2) is 18.3 Å². The second-order valence-corrected chi connectivity index (χ2v) is 2.70. The third-order valence-corrected chi connectivity index (χ3v) is 1.56. The normalized spacial score (nSPS) is 10.6. The zero-order chi connectivity index (χ0) is 10.4. The molecule has 14 heavy (non-hydrogen) atoms. The maximum absolute atomic E-state index is 11.9. The minimum Gasteiger partial charge on any atom is -0.471 e. The van der Waals surface area contributed by atoms with Crippen LogP contribution in [0.3, 0.4) is 0 Å². The van der Waals surface area contributed by atoms with E-state index in [4.69, 9.17) is 4.74 Å². The Morgan fingerprint density at radius 2 is 2.36 bits per heavy atom. The molecule has 0 aromatic carbocycles. The summed E-state index contributed by atoms with van der Waals surface area (Å²) in [6, 6.07) is 3.52. The van der Waals surface area contributed by atoms with Gasteiger partial charge in [-0.3, -0.25) is 0 Å². The van der Waals surface area contributed by atoms with Crippen molar-refractivity contribution in [2.24, 2.45) is 0 Å². The summed E-state index contributed by atoms with van der Waals surface area (Å²) in [5.41, 5.74) is 0.774. The zero-order valence-electron chi connectivity index (χ0n) is 7.84. The van der Waals surface area contributed by atoms with E-state index in [0.29, 0.717) is 6.54 Å². The van der Waals surface area contributed by atoms with E-state index in [0.717, 1.165) is 5.56 Å². The molecular formula is C9H12F2N2O. The molecule has 3 nitrogen and oxygen atoms in total. The molecule has 0 aliphatic heterocycles. The van der Waals surface area contributed by atoms with Crippen LogP contribution >= 0.6 is 0 Å². The highest BCUT2D eigenvalue weighted by atomic mass is 19.3. The van der Waals surface area contributed by atoms with Gasteiger partial charge in [-0.05, 0) is 13.1 Å². The highest BCUT2D eigenvalue weighted by molar-refractivity contribution is 5.25. The van der Waals surface area contributed by atoms with Gasteiger partial charge in [-0.2, -0.15) is 0 Å². The highest BCUT2D eigenvalue weighted by Gasteiger charge is 2.07. The van der Waals surface area contributed by atoms with E-state index in [1.165, 1.54) is 6.20 Å². The first kappa shape index (κ1) is 10.8. The van der Waals surface area contributed by atoms with Gasteiger partial charge in [0.2, 0.25) is 5.88 Å². The maximum atomic E-state index is 11.9. The molecule has 1 heterocycles. The van der Waals surface area contributed by atoms with Crippen LogP contribution in [0.25, 0.3) is 0 Å². The Bertz CT molecular complexity index is 281. The van der Waals surface area contributed by atoms with Crippen LogP contribution in [0.4, 0.5) is 8.78 Å². The average molecular weight is 202 g/mol. The highest BCUT2D eigenvalue weighted by Crippen LogP contribution is 2.14. The van der Waals surface area contributed by atoms with E-state index in [2.05, 4.69) is 10.3 Å². The molecule has 0 saturated carbocycles. The number of hydrogen-bond acceptors (Lipinski definition) is 3. The summed E-state index contributed by atoms with van der Waals surface area (Å²) in [5, 5.41) is 2.90. The number of nitrogens with one attached hydrogen (secondary N) is 1. The molecule has 1 rings (SSSR count). The maximum Gasteiger partial charge on any atom is 0.272 e. The van der Waals surface area contributed by atoms with Crippen molar-refractivity contribution in [1.82, 2.24) is 10.3 Å². The second-order valence-electron chi connectivity index (χ2n) is 2.70. The average Bonchev–Trinajstić information content (AvgIpc) is 2.17. The fraction of sp³-hybridized carbons (Fsp3) is 0.444. The molecule has 0 aliphatic rings. The Morgan fingerprint density at radius 1 is 1.57 bits per heavy atom. The number of halogens is 2. The number of rotatable bonds is 5. The molecule has 1 N–H and O–H groups in total. The van der Waals surface area contributed by atoms with Crippen molar-refractivity contribution in [2.45, 2.75) is 13.0 Å². The van der Waals surface area contributed by atoms with Gasteiger partial charge >= 0.3 is 0 Å². The Kier molecular flexibility index (Phi) is 4.25. The van der Waals surface area contributed by atoms with E-state index >= 15 is 0 Å². The van der Waals surface area contributed by atoms with Gasteiger partial charge in [0.25, 0.3) is 6.43 Å². The lowest BCUT2D eigenvalue weighted by atomic mass is 10.3. The molecule has 0 unspecified atom stereocenters. The van der Waals surface area contributed by atoms with Crippen molar-refractivity contribution in [3.63, 3.8) is 0 Å². The van der Waals surface area contributed by atoms with Crippen molar-refractivity contribution >= 4 is 0 Å². The summed E-state index contributed by atoms with van der Waals surface area (Å²) < 4.78 is 28.6. The van der Waals surface area contributed by atoms with E-state index in [-0.39, 0.29) is 5.88 Å². The van der Waals surface area contributed by atoms with E-state index in [1.807, 2.05) is 0 Å². The van der Waals surface area contributed by atoms with Crippen LogP contribution in [-0.4, -0.2) is 25.1 Å². The van der Waals surface area contributed by atoms with E-state index in [1.54, 1.807) is 19.2 Å². The molecule has 0 aliphatic carbocycles. The summed E-state index contributed by atoms with van der Waals surface area (Å²) in [6.45, 7) is -0.0693. The largest absolute Gasteiger partial charge is 0.471 e. The smallest absolute Gasteiger partial charge is 0.272 e. The lowest BCUT2D eigenvalue weighted by molar-refractivity contribution is 0.0790. The quantitative estimate of drug-likeness (QED) is 0.784. The number of alkyl halides is 2. The fourth-order valence-electron chi connectivity index (χ4n) is 1.02. The van der Waals surface area contributed by atoms with Gasteiger partial charge < -0.3 is 10.1 Å². The van der Waals surface area contributed by atoms with Crippen molar-refractivity contribution < 1.29 is 13.5 Å². The van der Waals surface area contributed by atoms with Gasteiger partial charge in [-0.1, -0.05) is 6.07 Å². The van der Waals surface area contributed by atoms with Crippen LogP contribution < -0.4 is 10.1 Å². The van der Waals surface area contributed by atoms with Gasteiger partial charge in [0.15, 0.2) is 6.61 Å². The van der Waals surface area contributed by atoms with Crippen LogP contribution in [0.5, 0.6) is 5.88 Å². The van der Waals surface area contributed by atoms with Gasteiger partial charge in [0.05, 0.1) is 0 Å². The number of ether oxygens (including phenoxy) is 1. The van der Waals surface area contributed by atoms with Gasteiger partial charge in [-0.15, -0.1) is 0 Å². The summed E-state index contributed by atoms with van der Waals surface area (Å²) >= 11 is 0. The molecule has 0 atom stereocenters. The number of hydrogen-bond donors (Lipinski definition) is 1. The van der Waals surface area contributed by atoms with Crippen molar-refractivity contribution in [2.75, 3.05) is 13.7 Å². The van der Waals surface area contributed by atoms with Crippen molar-refractivity contribution in [3.05, 3.63) is 23.9 Å². The predicted octanol–water partition coefficient (Wildman–Crippen LogP) is 1.44. The molecule has 0 spiro atoms. The molecule has 0 amide bonds. The van der Waals surface area contributed by atoms with Crippen molar-refractivity contribution in [1.29, 1.82) is 0 Å². The molecule has 0 fully saturated rings. The third-order valence-electron chi connectivity index (χ3n) is 1.56. The minimum atomic E-state index is -2.47. The molecule has 5 heteroatoms. The number of aromatic nitrogens is 1. The van der Waals surface area contributed by atoms with Crippen LogP contribution in [0, 0.1) is 0 Å². The molecule has 0 saturated heterocycles. The van der Waals surface area contributed by atoms with Gasteiger partial charge in [0.1, 0.15) is 0 Å². The van der Waals surface area contributed by atoms with Gasteiger partial charge in [0, 0.05) is 18.3 Å². The van der Waals surface area contributed by atoms with E-state index < -0.39 is 13.0 Å². The SMILES string of the molecule is CNCc1cccnc1OCC(F)F.